The lowest BCUT2D eigenvalue weighted by Gasteiger charge is -2.36. The minimum absolute atomic E-state index is 0.115. The van der Waals surface area contributed by atoms with E-state index >= 15 is 0 Å². The third-order valence-corrected chi connectivity index (χ3v) is 7.29. The van der Waals surface area contributed by atoms with Crippen LogP contribution in [0.4, 0.5) is 15.8 Å². The number of hydrogen-bond acceptors (Lipinski definition) is 4. The maximum absolute atomic E-state index is 13.5. The van der Waals surface area contributed by atoms with Gasteiger partial charge in [-0.3, -0.25) is 9.69 Å². The highest BCUT2D eigenvalue weighted by molar-refractivity contribution is 7.17. The van der Waals surface area contributed by atoms with Crippen LogP contribution in [0.5, 0.6) is 0 Å². The maximum Gasteiger partial charge on any atom is 0.224 e. The van der Waals surface area contributed by atoms with Crippen molar-refractivity contribution >= 4 is 38.7 Å². The van der Waals surface area contributed by atoms with Crippen molar-refractivity contribution < 1.29 is 9.18 Å². The Bertz CT molecular complexity index is 1090. The van der Waals surface area contributed by atoms with Crippen LogP contribution in [0.25, 0.3) is 10.1 Å². The Labute approximate surface area is 180 Å². The van der Waals surface area contributed by atoms with Crippen molar-refractivity contribution in [2.24, 2.45) is 0 Å². The van der Waals surface area contributed by atoms with Gasteiger partial charge >= 0.3 is 0 Å². The van der Waals surface area contributed by atoms with Gasteiger partial charge in [0.2, 0.25) is 5.91 Å². The zero-order valence-electron chi connectivity index (χ0n) is 17.2. The van der Waals surface area contributed by atoms with E-state index in [1.165, 1.54) is 16.8 Å². The van der Waals surface area contributed by atoms with Crippen LogP contribution in [-0.4, -0.2) is 43.5 Å². The van der Waals surface area contributed by atoms with E-state index in [-0.39, 0.29) is 17.6 Å². The monoisotopic (exact) mass is 423 g/mol. The van der Waals surface area contributed by atoms with Crippen molar-refractivity contribution in [3.05, 3.63) is 58.7 Å². The van der Waals surface area contributed by atoms with Gasteiger partial charge in [0.25, 0.3) is 0 Å². The number of carbonyl (C=O) groups is 1. The fourth-order valence-electron chi connectivity index (χ4n) is 4.61. The average Bonchev–Trinajstić information content (AvgIpc) is 3.15. The molecule has 1 unspecified atom stereocenters. The molecule has 0 bridgehead atoms. The number of amides is 1. The van der Waals surface area contributed by atoms with Gasteiger partial charge in [-0.2, -0.15) is 0 Å². The van der Waals surface area contributed by atoms with Crippen LogP contribution in [0.2, 0.25) is 0 Å². The van der Waals surface area contributed by atoms with Gasteiger partial charge in [-0.15, -0.1) is 11.3 Å². The molecule has 1 amide bonds. The number of halogens is 1. The molecule has 156 valence electrons. The zero-order chi connectivity index (χ0) is 20.7. The molecular weight excluding hydrogens is 397 g/mol. The number of thiophene rings is 1. The third-order valence-electron chi connectivity index (χ3n) is 6.36. The van der Waals surface area contributed by atoms with Crippen LogP contribution < -0.4 is 10.2 Å². The number of benzene rings is 2. The second-order valence-corrected chi connectivity index (χ2v) is 9.33. The highest BCUT2D eigenvalue weighted by Crippen LogP contribution is 2.34. The molecule has 1 aromatic heterocycles. The number of piperazine rings is 1. The number of rotatable bonds is 4. The second-order valence-electron chi connectivity index (χ2n) is 8.42. The van der Waals surface area contributed by atoms with E-state index in [2.05, 4.69) is 45.6 Å². The summed E-state index contributed by atoms with van der Waals surface area (Å²) in [6.45, 7) is 7.24. The van der Waals surface area contributed by atoms with Gasteiger partial charge < -0.3 is 10.2 Å². The Morgan fingerprint density at radius 3 is 2.80 bits per heavy atom. The number of fused-ring (bicyclic) bond motifs is 2. The van der Waals surface area contributed by atoms with Crippen molar-refractivity contribution in [2.45, 2.75) is 25.7 Å². The zero-order valence-corrected chi connectivity index (χ0v) is 18.0. The summed E-state index contributed by atoms with van der Waals surface area (Å²) in [6, 6.07) is 11.6. The first kappa shape index (κ1) is 19.5. The van der Waals surface area contributed by atoms with Crippen molar-refractivity contribution in [3.8, 4) is 0 Å². The molecule has 0 aliphatic carbocycles. The Hall–Kier alpha value is -2.44. The van der Waals surface area contributed by atoms with Gasteiger partial charge in [0, 0.05) is 60.3 Å². The molecular formula is C24H26FN3OS. The van der Waals surface area contributed by atoms with Crippen LogP contribution >= 0.6 is 11.3 Å². The number of nitrogens with one attached hydrogen (secondary N) is 1. The highest BCUT2D eigenvalue weighted by Gasteiger charge is 2.22. The topological polar surface area (TPSA) is 35.6 Å². The van der Waals surface area contributed by atoms with Gasteiger partial charge in [-0.25, -0.2) is 4.39 Å². The summed E-state index contributed by atoms with van der Waals surface area (Å²) in [4.78, 5) is 16.7. The quantitative estimate of drug-likeness (QED) is 0.652. The summed E-state index contributed by atoms with van der Waals surface area (Å²) in [6.07, 6.45) is 1.59. The van der Waals surface area contributed by atoms with E-state index < -0.39 is 0 Å². The Balaban J connectivity index is 1.19. The minimum atomic E-state index is -0.167. The minimum Gasteiger partial charge on any atom is -0.368 e. The summed E-state index contributed by atoms with van der Waals surface area (Å²) in [5, 5.41) is 6.30. The molecule has 1 atom stereocenters. The standard InChI is InChI=1S/C24H26FN3OS/c1-16-12-24(29)26-21-5-2-17(13-20(16)21)6-7-27-8-10-28(11-9-27)22-15-30-23-14-18(25)3-4-19(22)23/h2-5,13-16H,6-12H2,1H3,(H,26,29). The average molecular weight is 424 g/mol. The van der Waals surface area contributed by atoms with E-state index in [9.17, 15) is 9.18 Å². The molecule has 1 saturated heterocycles. The Morgan fingerprint density at radius 2 is 1.97 bits per heavy atom. The normalized spacial score (nSPS) is 19.7. The Morgan fingerprint density at radius 1 is 1.13 bits per heavy atom. The lowest BCUT2D eigenvalue weighted by molar-refractivity contribution is -0.116. The van der Waals surface area contributed by atoms with Crippen LogP contribution in [0, 0.1) is 5.82 Å². The van der Waals surface area contributed by atoms with Crippen LogP contribution in [0.3, 0.4) is 0 Å². The molecule has 5 rings (SSSR count). The fourth-order valence-corrected chi connectivity index (χ4v) is 5.61. The predicted octanol–water partition coefficient (Wildman–Crippen LogP) is 4.85. The van der Waals surface area contributed by atoms with Gasteiger partial charge in [0.1, 0.15) is 5.82 Å². The van der Waals surface area contributed by atoms with Crippen molar-refractivity contribution in [2.75, 3.05) is 42.9 Å². The summed E-state index contributed by atoms with van der Waals surface area (Å²) < 4.78 is 14.5. The number of carbonyl (C=O) groups excluding carboxylic acids is 1. The second kappa shape index (κ2) is 8.00. The van der Waals surface area contributed by atoms with E-state index in [0.717, 1.165) is 54.9 Å². The molecule has 4 nitrogen and oxygen atoms in total. The molecule has 1 fully saturated rings. The number of nitrogens with zero attached hydrogens (tertiary/aromatic N) is 2. The first-order valence-corrected chi connectivity index (χ1v) is 11.5. The lowest BCUT2D eigenvalue weighted by Crippen LogP contribution is -2.46. The van der Waals surface area contributed by atoms with Crippen molar-refractivity contribution in [3.63, 3.8) is 0 Å². The smallest absolute Gasteiger partial charge is 0.224 e. The molecule has 3 heterocycles. The maximum atomic E-state index is 13.5. The van der Waals surface area contributed by atoms with Gasteiger partial charge in [-0.1, -0.05) is 19.1 Å². The Kier molecular flexibility index (Phi) is 5.21. The summed E-state index contributed by atoms with van der Waals surface area (Å²) >= 11 is 1.62. The highest BCUT2D eigenvalue weighted by atomic mass is 32.1. The molecule has 2 aliphatic heterocycles. The van der Waals surface area contributed by atoms with Gasteiger partial charge in [0.05, 0.1) is 5.69 Å². The number of anilines is 2. The van der Waals surface area contributed by atoms with E-state index in [1.54, 1.807) is 23.5 Å². The fraction of sp³-hybridized carbons (Fsp3) is 0.375. The summed E-state index contributed by atoms with van der Waals surface area (Å²) in [5.74, 6) is 0.231. The summed E-state index contributed by atoms with van der Waals surface area (Å²) in [5.41, 5.74) is 4.81. The van der Waals surface area contributed by atoms with Gasteiger partial charge in [-0.05, 0) is 47.7 Å². The molecule has 3 aromatic rings. The largest absolute Gasteiger partial charge is 0.368 e. The lowest BCUT2D eigenvalue weighted by atomic mass is 9.90. The SMILES string of the molecule is CC1CC(=O)Nc2ccc(CCN3CCN(c4csc5cc(F)ccc45)CC3)cc21. The molecule has 6 heteroatoms. The molecule has 30 heavy (non-hydrogen) atoms. The summed E-state index contributed by atoms with van der Waals surface area (Å²) in [7, 11) is 0. The first-order chi connectivity index (χ1) is 14.6. The van der Waals surface area contributed by atoms with E-state index in [1.807, 2.05) is 6.07 Å². The predicted molar refractivity (Wildman–Crippen MR) is 122 cm³/mol. The molecule has 0 spiro atoms. The van der Waals surface area contributed by atoms with E-state index in [4.69, 9.17) is 0 Å². The first-order valence-electron chi connectivity index (χ1n) is 10.6. The van der Waals surface area contributed by atoms with Crippen LogP contribution in [-0.2, 0) is 11.2 Å². The third kappa shape index (κ3) is 3.82. The van der Waals surface area contributed by atoms with Crippen LogP contribution in [0.1, 0.15) is 30.4 Å². The molecule has 0 saturated carbocycles. The van der Waals surface area contributed by atoms with Gasteiger partial charge in [0.15, 0.2) is 0 Å². The molecule has 2 aliphatic rings. The van der Waals surface area contributed by atoms with Crippen molar-refractivity contribution in [1.82, 2.24) is 4.90 Å². The number of hydrogen-bond donors (Lipinski definition) is 1. The van der Waals surface area contributed by atoms with Crippen molar-refractivity contribution in [1.29, 1.82) is 0 Å². The molecule has 2 aromatic carbocycles. The van der Waals surface area contributed by atoms with Crippen LogP contribution in [0.15, 0.2) is 41.8 Å². The molecule has 1 N–H and O–H groups in total. The van der Waals surface area contributed by atoms with E-state index in [0.29, 0.717) is 6.42 Å². The molecule has 0 radical (unpaired) electrons.